The summed E-state index contributed by atoms with van der Waals surface area (Å²) in [5.41, 5.74) is 0. The summed E-state index contributed by atoms with van der Waals surface area (Å²) in [6.07, 6.45) is 0. The maximum absolute atomic E-state index is 10.8. The Hall–Kier alpha value is -1.06. The average molecular weight is 143 g/mol. The van der Waals surface area contributed by atoms with E-state index in [1.165, 1.54) is 7.11 Å². The van der Waals surface area contributed by atoms with Crippen LogP contribution in [0, 0.1) is 0 Å². The van der Waals surface area contributed by atoms with Gasteiger partial charge in [-0.3, -0.25) is 0 Å². The Morgan fingerprint density at radius 2 is 2.60 bits per heavy atom. The van der Waals surface area contributed by atoms with Crippen molar-refractivity contribution in [2.24, 2.45) is 4.99 Å². The van der Waals surface area contributed by atoms with Gasteiger partial charge in [-0.15, -0.1) is 0 Å². The van der Waals surface area contributed by atoms with E-state index in [9.17, 15) is 4.79 Å². The van der Waals surface area contributed by atoms with Crippen LogP contribution in [0.2, 0.25) is 0 Å². The van der Waals surface area contributed by atoms with E-state index in [0.717, 1.165) is 0 Å². The fourth-order valence-corrected chi connectivity index (χ4v) is 0.750. The second-order valence-corrected chi connectivity index (χ2v) is 2.00. The van der Waals surface area contributed by atoms with Crippen LogP contribution >= 0.6 is 0 Å². The van der Waals surface area contributed by atoms with Gasteiger partial charge in [-0.25, -0.2) is 9.79 Å². The van der Waals surface area contributed by atoms with Crippen LogP contribution in [0.25, 0.3) is 0 Å². The predicted molar refractivity (Wildman–Crippen MR) is 34.9 cm³/mol. The van der Waals surface area contributed by atoms with Crippen molar-refractivity contribution < 1.29 is 14.3 Å². The van der Waals surface area contributed by atoms with Crippen LogP contribution in [0.5, 0.6) is 0 Å². The molecule has 1 unspecified atom stereocenters. The number of esters is 1. The maximum atomic E-state index is 10.8. The molecule has 0 aromatic rings. The highest BCUT2D eigenvalue weighted by Gasteiger charge is 2.23. The van der Waals surface area contributed by atoms with E-state index in [2.05, 4.69) is 9.73 Å². The number of rotatable bonds is 1. The topological polar surface area (TPSA) is 47.9 Å². The molecular weight excluding hydrogens is 134 g/mol. The van der Waals surface area contributed by atoms with Crippen LogP contribution in [0.1, 0.15) is 6.92 Å². The van der Waals surface area contributed by atoms with Gasteiger partial charge >= 0.3 is 5.97 Å². The number of nitrogens with zero attached hydrogens (tertiary/aromatic N) is 1. The Labute approximate surface area is 58.8 Å². The molecule has 0 N–H and O–H groups in total. The number of aliphatic imine (C=N–C) groups is 1. The highest BCUT2D eigenvalue weighted by Crippen LogP contribution is 2.04. The quantitative estimate of drug-likeness (QED) is 0.484. The molecule has 4 heteroatoms. The minimum Gasteiger partial charge on any atom is -0.478 e. The lowest BCUT2D eigenvalue weighted by Crippen LogP contribution is -2.21. The van der Waals surface area contributed by atoms with Crippen molar-refractivity contribution >= 4 is 11.9 Å². The second kappa shape index (κ2) is 2.68. The number of carbonyl (C=O) groups is 1. The Balaban J connectivity index is 2.52. The van der Waals surface area contributed by atoms with E-state index in [0.29, 0.717) is 12.5 Å². The first-order valence-corrected chi connectivity index (χ1v) is 2.99. The fourth-order valence-electron chi connectivity index (χ4n) is 0.750. The Morgan fingerprint density at radius 1 is 1.90 bits per heavy atom. The highest BCUT2D eigenvalue weighted by molar-refractivity contribution is 5.84. The summed E-state index contributed by atoms with van der Waals surface area (Å²) in [4.78, 5) is 14.6. The molecule has 1 aliphatic rings. The van der Waals surface area contributed by atoms with Gasteiger partial charge in [0.2, 0.25) is 0 Å². The standard InChI is InChI=1S/C6H9NO3/c1-4-7-5(3-10-4)6(8)9-2/h5H,3H2,1-2H3. The Morgan fingerprint density at radius 3 is 3.00 bits per heavy atom. The molecular formula is C6H9NO3. The van der Waals surface area contributed by atoms with Gasteiger partial charge in [0.25, 0.3) is 0 Å². The zero-order valence-corrected chi connectivity index (χ0v) is 5.96. The molecule has 4 nitrogen and oxygen atoms in total. The molecule has 0 fully saturated rings. The van der Waals surface area contributed by atoms with Crippen molar-refractivity contribution in [3.63, 3.8) is 0 Å². The van der Waals surface area contributed by atoms with Gasteiger partial charge in [0.05, 0.1) is 7.11 Å². The average Bonchev–Trinajstić information content (AvgIpc) is 2.34. The molecule has 0 amide bonds. The Kier molecular flexibility index (Phi) is 1.89. The molecule has 10 heavy (non-hydrogen) atoms. The van der Waals surface area contributed by atoms with Crippen LogP contribution in [0.15, 0.2) is 4.99 Å². The summed E-state index contributed by atoms with van der Waals surface area (Å²) in [5.74, 6) is 0.215. The normalized spacial score (nSPS) is 23.4. The summed E-state index contributed by atoms with van der Waals surface area (Å²) in [5, 5.41) is 0. The monoisotopic (exact) mass is 143 g/mol. The van der Waals surface area contributed by atoms with Crippen LogP contribution in [-0.2, 0) is 14.3 Å². The molecule has 1 atom stereocenters. The molecule has 1 heterocycles. The van der Waals surface area contributed by atoms with Gasteiger partial charge < -0.3 is 9.47 Å². The summed E-state index contributed by atoms with van der Waals surface area (Å²) in [6.45, 7) is 2.03. The smallest absolute Gasteiger partial charge is 0.334 e. The van der Waals surface area contributed by atoms with E-state index < -0.39 is 6.04 Å². The Bertz CT molecular complexity index is 176. The SMILES string of the molecule is COC(=O)C1COC(C)=N1. The van der Waals surface area contributed by atoms with E-state index in [4.69, 9.17) is 4.74 Å². The van der Waals surface area contributed by atoms with Gasteiger partial charge in [-0.05, 0) is 0 Å². The van der Waals surface area contributed by atoms with Crippen molar-refractivity contribution in [2.45, 2.75) is 13.0 Å². The number of ether oxygens (including phenoxy) is 2. The lowest BCUT2D eigenvalue weighted by atomic mass is 10.3. The predicted octanol–water partition coefficient (Wildman–Crippen LogP) is -0.0234. The van der Waals surface area contributed by atoms with Gasteiger partial charge in [0.1, 0.15) is 6.61 Å². The molecule has 1 rings (SSSR count). The molecule has 0 bridgehead atoms. The molecule has 0 aromatic heterocycles. The molecule has 0 aromatic carbocycles. The molecule has 0 aliphatic carbocycles. The first-order valence-electron chi connectivity index (χ1n) is 2.99. The largest absolute Gasteiger partial charge is 0.478 e. The van der Waals surface area contributed by atoms with Gasteiger partial charge in [0.15, 0.2) is 11.9 Å². The molecule has 0 saturated heterocycles. The third-order valence-electron chi connectivity index (χ3n) is 1.26. The number of hydrogen-bond acceptors (Lipinski definition) is 4. The van der Waals surface area contributed by atoms with Crippen LogP contribution in [0.3, 0.4) is 0 Å². The summed E-state index contributed by atoms with van der Waals surface area (Å²) >= 11 is 0. The first-order chi connectivity index (χ1) is 4.74. The third kappa shape index (κ3) is 1.26. The summed E-state index contributed by atoms with van der Waals surface area (Å²) < 4.78 is 9.39. The molecule has 0 spiro atoms. The summed E-state index contributed by atoms with van der Waals surface area (Å²) in [7, 11) is 1.34. The van der Waals surface area contributed by atoms with Gasteiger partial charge in [-0.2, -0.15) is 0 Å². The van der Waals surface area contributed by atoms with Crippen molar-refractivity contribution in [3.05, 3.63) is 0 Å². The van der Waals surface area contributed by atoms with Crippen molar-refractivity contribution in [1.29, 1.82) is 0 Å². The fraction of sp³-hybridized carbons (Fsp3) is 0.667. The van der Waals surface area contributed by atoms with E-state index in [1.807, 2.05) is 0 Å². The highest BCUT2D eigenvalue weighted by atomic mass is 16.5. The van der Waals surface area contributed by atoms with E-state index in [-0.39, 0.29) is 5.97 Å². The first kappa shape index (κ1) is 7.05. The minimum atomic E-state index is -0.440. The van der Waals surface area contributed by atoms with Gasteiger partial charge in [0, 0.05) is 6.92 Å². The molecule has 1 aliphatic heterocycles. The third-order valence-corrected chi connectivity index (χ3v) is 1.26. The second-order valence-electron chi connectivity index (χ2n) is 2.00. The molecule has 56 valence electrons. The van der Waals surface area contributed by atoms with E-state index in [1.54, 1.807) is 6.92 Å². The van der Waals surface area contributed by atoms with Crippen LogP contribution < -0.4 is 0 Å². The zero-order chi connectivity index (χ0) is 7.56. The zero-order valence-electron chi connectivity index (χ0n) is 5.96. The van der Waals surface area contributed by atoms with E-state index >= 15 is 0 Å². The number of methoxy groups -OCH3 is 1. The van der Waals surface area contributed by atoms with Crippen LogP contribution in [0.4, 0.5) is 0 Å². The minimum absolute atomic E-state index is 0.318. The molecule has 0 radical (unpaired) electrons. The van der Waals surface area contributed by atoms with Crippen molar-refractivity contribution in [2.75, 3.05) is 13.7 Å². The lowest BCUT2D eigenvalue weighted by molar-refractivity contribution is -0.142. The molecule has 0 saturated carbocycles. The maximum Gasteiger partial charge on any atom is 0.334 e. The van der Waals surface area contributed by atoms with Gasteiger partial charge in [-0.1, -0.05) is 0 Å². The lowest BCUT2D eigenvalue weighted by Gasteiger charge is -1.99. The van der Waals surface area contributed by atoms with Crippen molar-refractivity contribution in [1.82, 2.24) is 0 Å². The summed E-state index contributed by atoms with van der Waals surface area (Å²) in [6, 6.07) is -0.440. The van der Waals surface area contributed by atoms with Crippen molar-refractivity contribution in [3.8, 4) is 0 Å². The van der Waals surface area contributed by atoms with Crippen LogP contribution in [-0.4, -0.2) is 31.6 Å². The number of hydrogen-bond donors (Lipinski definition) is 0. The number of carbonyl (C=O) groups excluding carboxylic acids is 1.